The zero-order valence-corrected chi connectivity index (χ0v) is 15.5. The normalized spacial score (nSPS) is 10.4. The van der Waals surface area contributed by atoms with Gasteiger partial charge in [-0.15, -0.1) is 0 Å². The molecule has 3 aromatic rings. The molecule has 2 aromatic heterocycles. The lowest BCUT2D eigenvalue weighted by Gasteiger charge is -2.14. The van der Waals surface area contributed by atoms with Gasteiger partial charge < -0.3 is 28.5 Å². The molecule has 0 saturated heterocycles. The van der Waals surface area contributed by atoms with E-state index >= 15 is 0 Å². The van der Waals surface area contributed by atoms with Crippen LogP contribution in [0.15, 0.2) is 45.5 Å². The number of esters is 1. The van der Waals surface area contributed by atoms with E-state index in [1.165, 1.54) is 38.7 Å². The summed E-state index contributed by atoms with van der Waals surface area (Å²) in [5.74, 6) is 0.120. The summed E-state index contributed by atoms with van der Waals surface area (Å²) in [6.45, 7) is 1.64. The van der Waals surface area contributed by atoms with Crippen LogP contribution in [0.1, 0.15) is 32.4 Å². The minimum Gasteiger partial charge on any atom is -0.493 e. The number of hydrogen-bond donors (Lipinski definition) is 1. The van der Waals surface area contributed by atoms with Crippen LogP contribution < -0.4 is 14.8 Å². The SMILES string of the molecule is COc1cc(NC(=O)c2ccco2)c(C(=O)OCc2cc(C)on2)cc1OC. The van der Waals surface area contributed by atoms with Gasteiger partial charge in [0.25, 0.3) is 5.91 Å². The Kier molecular flexibility index (Phi) is 5.64. The molecule has 1 N–H and O–H groups in total. The molecule has 9 heteroatoms. The first-order chi connectivity index (χ1) is 13.5. The van der Waals surface area contributed by atoms with E-state index in [2.05, 4.69) is 10.5 Å². The third-order valence-corrected chi connectivity index (χ3v) is 3.76. The molecule has 3 rings (SSSR count). The zero-order valence-electron chi connectivity index (χ0n) is 15.5. The van der Waals surface area contributed by atoms with Crippen LogP contribution in [-0.2, 0) is 11.3 Å². The third kappa shape index (κ3) is 4.14. The smallest absolute Gasteiger partial charge is 0.340 e. The molecule has 0 atom stereocenters. The van der Waals surface area contributed by atoms with Crippen molar-refractivity contribution in [3.8, 4) is 11.5 Å². The van der Waals surface area contributed by atoms with E-state index in [-0.39, 0.29) is 23.6 Å². The summed E-state index contributed by atoms with van der Waals surface area (Å²) in [5.41, 5.74) is 0.727. The molecule has 2 heterocycles. The molecule has 9 nitrogen and oxygen atoms in total. The van der Waals surface area contributed by atoms with Crippen LogP contribution in [0.4, 0.5) is 5.69 Å². The number of nitrogens with zero attached hydrogens (tertiary/aromatic N) is 1. The average Bonchev–Trinajstić information content (AvgIpc) is 3.37. The van der Waals surface area contributed by atoms with Gasteiger partial charge in [0.1, 0.15) is 18.1 Å². The predicted molar refractivity (Wildman–Crippen MR) is 96.6 cm³/mol. The molecule has 146 valence electrons. The molecule has 1 amide bonds. The second-order valence-electron chi connectivity index (χ2n) is 5.69. The monoisotopic (exact) mass is 386 g/mol. The van der Waals surface area contributed by atoms with E-state index < -0.39 is 11.9 Å². The van der Waals surface area contributed by atoms with Crippen molar-refractivity contribution in [2.75, 3.05) is 19.5 Å². The largest absolute Gasteiger partial charge is 0.493 e. The van der Waals surface area contributed by atoms with Gasteiger partial charge >= 0.3 is 5.97 Å². The topological polar surface area (TPSA) is 113 Å². The molecule has 0 saturated carbocycles. The van der Waals surface area contributed by atoms with Crippen molar-refractivity contribution in [3.05, 3.63) is 59.4 Å². The molecular formula is C19H18N2O7. The molecule has 0 radical (unpaired) electrons. The molecule has 28 heavy (non-hydrogen) atoms. The molecule has 0 spiro atoms. The lowest BCUT2D eigenvalue weighted by atomic mass is 10.1. The number of anilines is 1. The molecule has 0 fully saturated rings. The van der Waals surface area contributed by atoms with Gasteiger partial charge in [0.15, 0.2) is 17.3 Å². The van der Waals surface area contributed by atoms with Crippen LogP contribution >= 0.6 is 0 Å². The second-order valence-corrected chi connectivity index (χ2v) is 5.69. The summed E-state index contributed by atoms with van der Waals surface area (Å²) >= 11 is 0. The number of rotatable bonds is 7. The first-order valence-corrected chi connectivity index (χ1v) is 8.22. The van der Waals surface area contributed by atoms with E-state index in [1.807, 2.05) is 0 Å². The number of hydrogen-bond acceptors (Lipinski definition) is 8. The number of carbonyl (C=O) groups excluding carboxylic acids is 2. The Labute approximate surface area is 160 Å². The van der Waals surface area contributed by atoms with Gasteiger partial charge in [0.2, 0.25) is 0 Å². The maximum Gasteiger partial charge on any atom is 0.340 e. The zero-order chi connectivity index (χ0) is 20.1. The van der Waals surface area contributed by atoms with Gasteiger partial charge in [-0.3, -0.25) is 4.79 Å². The summed E-state index contributed by atoms with van der Waals surface area (Å²) in [6, 6.07) is 7.63. The highest BCUT2D eigenvalue weighted by Crippen LogP contribution is 2.34. The van der Waals surface area contributed by atoms with Crippen LogP contribution in [0, 0.1) is 6.92 Å². The summed E-state index contributed by atoms with van der Waals surface area (Å²) in [7, 11) is 2.88. The van der Waals surface area contributed by atoms with Crippen molar-refractivity contribution < 1.29 is 32.7 Å². The number of nitrogens with one attached hydrogen (secondary N) is 1. The van der Waals surface area contributed by atoms with Crippen LogP contribution in [0.25, 0.3) is 0 Å². The van der Waals surface area contributed by atoms with E-state index in [4.69, 9.17) is 23.2 Å². The number of carbonyl (C=O) groups is 2. The fourth-order valence-corrected chi connectivity index (χ4v) is 2.45. The van der Waals surface area contributed by atoms with Crippen LogP contribution in [0.3, 0.4) is 0 Å². The van der Waals surface area contributed by atoms with E-state index in [0.29, 0.717) is 23.0 Å². The Morgan fingerprint density at radius 3 is 2.50 bits per heavy atom. The number of methoxy groups -OCH3 is 2. The molecular weight excluding hydrogens is 368 g/mol. The first kappa shape index (κ1) is 19.0. The Bertz CT molecular complexity index is 976. The highest BCUT2D eigenvalue weighted by atomic mass is 16.5. The van der Waals surface area contributed by atoms with Gasteiger partial charge in [-0.25, -0.2) is 4.79 Å². The number of aryl methyl sites for hydroxylation is 1. The molecule has 0 bridgehead atoms. The van der Waals surface area contributed by atoms with Crippen molar-refractivity contribution in [2.24, 2.45) is 0 Å². The molecule has 0 unspecified atom stereocenters. The Morgan fingerprint density at radius 2 is 1.89 bits per heavy atom. The van der Waals surface area contributed by atoms with Crippen molar-refractivity contribution in [3.63, 3.8) is 0 Å². The minimum absolute atomic E-state index is 0.0813. The lowest BCUT2D eigenvalue weighted by Crippen LogP contribution is -2.16. The van der Waals surface area contributed by atoms with Gasteiger partial charge in [-0.2, -0.15) is 0 Å². The fourth-order valence-electron chi connectivity index (χ4n) is 2.45. The summed E-state index contributed by atoms with van der Waals surface area (Å²) in [6.07, 6.45) is 1.37. The number of amides is 1. The molecule has 1 aromatic carbocycles. The van der Waals surface area contributed by atoms with E-state index in [9.17, 15) is 9.59 Å². The fraction of sp³-hybridized carbons (Fsp3) is 0.211. The summed E-state index contributed by atoms with van der Waals surface area (Å²) in [5, 5.41) is 6.39. The van der Waals surface area contributed by atoms with Crippen molar-refractivity contribution in [1.82, 2.24) is 5.16 Å². The van der Waals surface area contributed by atoms with Gasteiger partial charge in [-0.05, 0) is 19.1 Å². The van der Waals surface area contributed by atoms with Crippen LogP contribution in [-0.4, -0.2) is 31.3 Å². The standard InChI is InChI=1S/C19H18N2O7/c1-11-7-12(21-28-11)10-27-19(23)13-8-16(24-2)17(25-3)9-14(13)20-18(22)15-5-4-6-26-15/h4-9H,10H2,1-3H3,(H,20,22). The van der Waals surface area contributed by atoms with Gasteiger partial charge in [0, 0.05) is 18.2 Å². The minimum atomic E-state index is -0.684. The predicted octanol–water partition coefficient (Wildman–Crippen LogP) is 3.20. The highest BCUT2D eigenvalue weighted by Gasteiger charge is 2.21. The highest BCUT2D eigenvalue weighted by molar-refractivity contribution is 6.07. The van der Waals surface area contributed by atoms with Crippen molar-refractivity contribution >= 4 is 17.6 Å². The quantitative estimate of drug-likeness (QED) is 0.616. The summed E-state index contributed by atoms with van der Waals surface area (Å²) in [4.78, 5) is 25.0. The lowest BCUT2D eigenvalue weighted by molar-refractivity contribution is 0.0465. The number of benzene rings is 1. The van der Waals surface area contributed by atoms with E-state index in [1.54, 1.807) is 19.1 Å². The average molecular weight is 386 g/mol. The van der Waals surface area contributed by atoms with Crippen molar-refractivity contribution in [1.29, 1.82) is 0 Å². The number of furan rings is 1. The molecule has 0 aliphatic rings. The van der Waals surface area contributed by atoms with Gasteiger partial charge in [0.05, 0.1) is 31.7 Å². The van der Waals surface area contributed by atoms with Crippen LogP contribution in [0.2, 0.25) is 0 Å². The molecule has 0 aliphatic heterocycles. The summed E-state index contributed by atoms with van der Waals surface area (Å²) < 4.78 is 25.8. The van der Waals surface area contributed by atoms with Gasteiger partial charge in [-0.1, -0.05) is 5.16 Å². The molecule has 0 aliphatic carbocycles. The Balaban J connectivity index is 1.87. The first-order valence-electron chi connectivity index (χ1n) is 8.22. The maximum absolute atomic E-state index is 12.6. The second kappa shape index (κ2) is 8.30. The Morgan fingerprint density at radius 1 is 1.14 bits per heavy atom. The van der Waals surface area contributed by atoms with E-state index in [0.717, 1.165) is 0 Å². The Hall–Kier alpha value is -3.75. The number of ether oxygens (including phenoxy) is 3. The van der Waals surface area contributed by atoms with Crippen LogP contribution in [0.5, 0.6) is 11.5 Å². The van der Waals surface area contributed by atoms with Crippen molar-refractivity contribution in [2.45, 2.75) is 13.5 Å². The third-order valence-electron chi connectivity index (χ3n) is 3.76. The maximum atomic E-state index is 12.6. The number of aromatic nitrogens is 1.